The van der Waals surface area contributed by atoms with Crippen molar-refractivity contribution in [2.45, 2.75) is 12.8 Å². The summed E-state index contributed by atoms with van der Waals surface area (Å²) < 4.78 is 66.1. The van der Waals surface area contributed by atoms with E-state index < -0.39 is 35.4 Å². The largest absolute Gasteiger partial charge is 0.433 e. The zero-order chi connectivity index (χ0) is 16.0. The lowest BCUT2D eigenvalue weighted by Gasteiger charge is -2.13. The van der Waals surface area contributed by atoms with Crippen molar-refractivity contribution in [2.75, 3.05) is 5.32 Å². The Labute approximate surface area is 115 Å². The van der Waals surface area contributed by atoms with Gasteiger partial charge in [0.1, 0.15) is 23.5 Å². The van der Waals surface area contributed by atoms with Crippen LogP contribution in [0.3, 0.4) is 0 Å². The lowest BCUT2D eigenvalue weighted by molar-refractivity contribution is -0.137. The zero-order valence-corrected chi connectivity index (χ0v) is 10.1. The average molecular weight is 303 g/mol. The Hall–Kier alpha value is -2.81. The molecule has 0 atom stereocenters. The molecular formula is C12H6F5N3O. The van der Waals surface area contributed by atoms with E-state index in [0.717, 1.165) is 6.20 Å². The summed E-state index contributed by atoms with van der Waals surface area (Å²) in [5.41, 5.74) is -2.00. The van der Waals surface area contributed by atoms with Gasteiger partial charge in [-0.25, -0.2) is 0 Å². The van der Waals surface area contributed by atoms with Gasteiger partial charge in [-0.2, -0.15) is 32.5 Å². The van der Waals surface area contributed by atoms with Gasteiger partial charge in [-0.05, 0) is 18.2 Å². The van der Waals surface area contributed by atoms with Gasteiger partial charge < -0.3 is 10.1 Å². The standard InChI is InChI=1S/C12H6F5N3O/c13-11(14)21-10-2-1-8(12(15,16)17)3-9(10)20-6-7(4-18)5-19/h1-3,6,11,20H. The maximum absolute atomic E-state index is 12.6. The molecule has 1 aromatic rings. The highest BCUT2D eigenvalue weighted by Gasteiger charge is 2.31. The van der Waals surface area contributed by atoms with Crippen molar-refractivity contribution < 1.29 is 26.7 Å². The van der Waals surface area contributed by atoms with Crippen molar-refractivity contribution >= 4 is 5.69 Å². The number of halogens is 5. The van der Waals surface area contributed by atoms with Crippen LogP contribution in [0.1, 0.15) is 5.56 Å². The van der Waals surface area contributed by atoms with Crippen molar-refractivity contribution in [3.05, 3.63) is 35.5 Å². The van der Waals surface area contributed by atoms with E-state index in [1.165, 1.54) is 12.1 Å². The molecule has 0 amide bonds. The summed E-state index contributed by atoms with van der Waals surface area (Å²) >= 11 is 0. The Morgan fingerprint density at radius 3 is 2.33 bits per heavy atom. The van der Waals surface area contributed by atoms with Gasteiger partial charge >= 0.3 is 12.8 Å². The SMILES string of the molecule is N#CC(C#N)=CNc1cc(C(F)(F)F)ccc1OC(F)F. The molecule has 0 aromatic heterocycles. The molecular weight excluding hydrogens is 297 g/mol. The van der Waals surface area contributed by atoms with E-state index in [2.05, 4.69) is 10.1 Å². The van der Waals surface area contributed by atoms with Gasteiger partial charge in [0, 0.05) is 6.20 Å². The molecule has 0 fully saturated rings. The fourth-order valence-electron chi connectivity index (χ4n) is 1.26. The third-order valence-corrected chi connectivity index (χ3v) is 2.14. The topological polar surface area (TPSA) is 68.8 Å². The highest BCUT2D eigenvalue weighted by Crippen LogP contribution is 2.35. The Balaban J connectivity index is 3.21. The normalized spacial score (nSPS) is 10.5. The van der Waals surface area contributed by atoms with Crippen LogP contribution in [0.5, 0.6) is 5.75 Å². The number of anilines is 1. The molecule has 0 saturated heterocycles. The van der Waals surface area contributed by atoms with Gasteiger partial charge in [0.15, 0.2) is 0 Å². The fraction of sp³-hybridized carbons (Fsp3) is 0.167. The summed E-state index contributed by atoms with van der Waals surface area (Å²) in [7, 11) is 0. The molecule has 4 nitrogen and oxygen atoms in total. The number of hydrogen-bond acceptors (Lipinski definition) is 4. The Bertz CT molecular complexity index is 609. The van der Waals surface area contributed by atoms with E-state index in [0.29, 0.717) is 18.2 Å². The number of hydrogen-bond donors (Lipinski definition) is 1. The summed E-state index contributed by atoms with van der Waals surface area (Å²) in [5, 5.41) is 19.1. The number of nitrogens with zero attached hydrogens (tertiary/aromatic N) is 2. The lowest BCUT2D eigenvalue weighted by Crippen LogP contribution is -2.08. The predicted octanol–water partition coefficient (Wildman–Crippen LogP) is 3.65. The molecule has 0 spiro atoms. The summed E-state index contributed by atoms with van der Waals surface area (Å²) in [6.45, 7) is -3.24. The van der Waals surface area contributed by atoms with Crippen molar-refractivity contribution in [3.63, 3.8) is 0 Å². The van der Waals surface area contributed by atoms with Gasteiger partial charge in [-0.15, -0.1) is 0 Å². The van der Waals surface area contributed by atoms with Crippen molar-refractivity contribution in [1.82, 2.24) is 0 Å². The molecule has 0 unspecified atom stereocenters. The molecule has 0 bridgehead atoms. The quantitative estimate of drug-likeness (QED) is 0.681. The highest BCUT2D eigenvalue weighted by atomic mass is 19.4. The average Bonchev–Trinajstić information content (AvgIpc) is 2.39. The van der Waals surface area contributed by atoms with Crippen LogP contribution in [0.4, 0.5) is 27.6 Å². The predicted molar refractivity (Wildman–Crippen MR) is 61.0 cm³/mol. The van der Waals surface area contributed by atoms with Crippen LogP contribution in [0, 0.1) is 22.7 Å². The van der Waals surface area contributed by atoms with Crippen LogP contribution < -0.4 is 10.1 Å². The van der Waals surface area contributed by atoms with Crippen LogP contribution in [0.25, 0.3) is 0 Å². The number of benzene rings is 1. The maximum Gasteiger partial charge on any atom is 0.416 e. The van der Waals surface area contributed by atoms with Crippen LogP contribution in [0.2, 0.25) is 0 Å². The molecule has 0 heterocycles. The Kier molecular flexibility index (Phi) is 5.08. The number of nitriles is 2. The van der Waals surface area contributed by atoms with Crippen molar-refractivity contribution in [3.8, 4) is 17.9 Å². The van der Waals surface area contributed by atoms with Crippen LogP contribution in [-0.2, 0) is 6.18 Å². The first-order valence-corrected chi connectivity index (χ1v) is 5.21. The van der Waals surface area contributed by atoms with E-state index >= 15 is 0 Å². The van der Waals surface area contributed by atoms with Crippen LogP contribution in [-0.4, -0.2) is 6.61 Å². The van der Waals surface area contributed by atoms with Gasteiger partial charge in [-0.3, -0.25) is 0 Å². The summed E-state index contributed by atoms with van der Waals surface area (Å²) in [4.78, 5) is 0. The summed E-state index contributed by atoms with van der Waals surface area (Å²) in [6.07, 6.45) is -3.90. The molecule has 9 heteroatoms. The monoisotopic (exact) mass is 303 g/mol. The molecule has 0 radical (unpaired) electrons. The number of allylic oxidation sites excluding steroid dienone is 1. The second-order valence-corrected chi connectivity index (χ2v) is 3.51. The Morgan fingerprint density at radius 2 is 1.86 bits per heavy atom. The molecule has 110 valence electrons. The Morgan fingerprint density at radius 1 is 1.24 bits per heavy atom. The van der Waals surface area contributed by atoms with E-state index in [1.54, 1.807) is 0 Å². The molecule has 1 N–H and O–H groups in total. The van der Waals surface area contributed by atoms with Gasteiger partial charge in [0.05, 0.1) is 11.3 Å². The van der Waals surface area contributed by atoms with E-state index in [4.69, 9.17) is 10.5 Å². The number of ether oxygens (including phenoxy) is 1. The molecule has 0 aliphatic carbocycles. The molecule has 0 aliphatic rings. The van der Waals surface area contributed by atoms with Crippen molar-refractivity contribution in [1.29, 1.82) is 10.5 Å². The molecule has 0 aliphatic heterocycles. The van der Waals surface area contributed by atoms with Crippen LogP contribution in [0.15, 0.2) is 30.0 Å². The second-order valence-electron chi connectivity index (χ2n) is 3.51. The molecule has 1 rings (SSSR count). The minimum atomic E-state index is -4.68. The van der Waals surface area contributed by atoms with Gasteiger partial charge in [0.2, 0.25) is 0 Å². The van der Waals surface area contributed by atoms with E-state index in [9.17, 15) is 22.0 Å². The number of alkyl halides is 5. The molecule has 0 saturated carbocycles. The minimum absolute atomic E-state index is 0.449. The highest BCUT2D eigenvalue weighted by molar-refractivity contribution is 5.61. The summed E-state index contributed by atoms with van der Waals surface area (Å²) in [5.74, 6) is -0.551. The summed E-state index contributed by atoms with van der Waals surface area (Å²) in [6, 6.07) is 4.72. The van der Waals surface area contributed by atoms with E-state index in [-0.39, 0.29) is 0 Å². The lowest BCUT2D eigenvalue weighted by atomic mass is 10.1. The fourth-order valence-corrected chi connectivity index (χ4v) is 1.26. The maximum atomic E-state index is 12.6. The first kappa shape index (κ1) is 16.2. The molecule has 21 heavy (non-hydrogen) atoms. The van der Waals surface area contributed by atoms with Gasteiger partial charge in [-0.1, -0.05) is 0 Å². The van der Waals surface area contributed by atoms with E-state index in [1.807, 2.05) is 0 Å². The van der Waals surface area contributed by atoms with Crippen LogP contribution >= 0.6 is 0 Å². The van der Waals surface area contributed by atoms with Gasteiger partial charge in [0.25, 0.3) is 0 Å². The second kappa shape index (κ2) is 6.57. The zero-order valence-electron chi connectivity index (χ0n) is 10.1. The minimum Gasteiger partial charge on any atom is -0.433 e. The third-order valence-electron chi connectivity index (χ3n) is 2.14. The molecule has 1 aromatic carbocycles. The van der Waals surface area contributed by atoms with Crippen molar-refractivity contribution in [2.24, 2.45) is 0 Å². The smallest absolute Gasteiger partial charge is 0.416 e. The number of rotatable bonds is 4. The number of nitrogens with one attached hydrogen (secondary N) is 1. The first-order chi connectivity index (χ1) is 9.77. The third kappa shape index (κ3) is 4.66. The first-order valence-electron chi connectivity index (χ1n) is 5.21.